The number of likely N-dealkylation sites (tertiary alicyclic amines) is 1. The molecule has 1 saturated heterocycles. The average Bonchev–Trinajstić information content (AvgIpc) is 3.19. The highest BCUT2D eigenvalue weighted by molar-refractivity contribution is 5.94. The number of hydrogen-bond donors (Lipinski definition) is 2. The molecule has 0 aliphatic carbocycles. The summed E-state index contributed by atoms with van der Waals surface area (Å²) in [5.74, 6) is 1.55. The fourth-order valence-corrected chi connectivity index (χ4v) is 3.69. The Hall–Kier alpha value is -2.82. The molecule has 0 saturated carbocycles. The van der Waals surface area contributed by atoms with Gasteiger partial charge in [-0.3, -0.25) is 4.79 Å². The van der Waals surface area contributed by atoms with Gasteiger partial charge in [-0.1, -0.05) is 42.5 Å². The van der Waals surface area contributed by atoms with E-state index in [9.17, 15) is 4.79 Å². The number of guanidine groups is 1. The van der Waals surface area contributed by atoms with E-state index in [2.05, 4.69) is 52.8 Å². The topological polar surface area (TPSA) is 56.7 Å². The lowest BCUT2D eigenvalue weighted by molar-refractivity contribution is 0.0963. The van der Waals surface area contributed by atoms with Crippen LogP contribution >= 0.6 is 0 Å². The lowest BCUT2D eigenvalue weighted by Crippen LogP contribution is -2.40. The van der Waals surface area contributed by atoms with Gasteiger partial charge in [0.15, 0.2) is 5.96 Å². The third-order valence-electron chi connectivity index (χ3n) is 5.12. The largest absolute Gasteiger partial charge is 0.357 e. The van der Waals surface area contributed by atoms with E-state index in [4.69, 9.17) is 4.99 Å². The SMILES string of the molecule is CCNC(=NCc1cccc(C(=O)NC)c1)N1CCC(Cc2ccccc2)C1. The maximum absolute atomic E-state index is 11.8. The highest BCUT2D eigenvalue weighted by atomic mass is 16.1. The summed E-state index contributed by atoms with van der Waals surface area (Å²) in [4.78, 5) is 19.0. The Morgan fingerprint density at radius 1 is 1.14 bits per heavy atom. The normalized spacial score (nSPS) is 16.9. The van der Waals surface area contributed by atoms with Crippen LogP contribution in [0.25, 0.3) is 0 Å². The first-order valence-corrected chi connectivity index (χ1v) is 10.1. The second-order valence-corrected chi connectivity index (χ2v) is 7.24. The lowest BCUT2D eigenvalue weighted by Gasteiger charge is -2.22. The summed E-state index contributed by atoms with van der Waals surface area (Å²) in [6, 6.07) is 18.4. The molecule has 1 unspecified atom stereocenters. The molecule has 5 nitrogen and oxygen atoms in total. The molecule has 0 aromatic heterocycles. The summed E-state index contributed by atoms with van der Waals surface area (Å²) >= 11 is 0. The van der Waals surface area contributed by atoms with Crippen molar-refractivity contribution < 1.29 is 4.79 Å². The zero-order chi connectivity index (χ0) is 19.8. The van der Waals surface area contributed by atoms with E-state index in [0.717, 1.165) is 37.6 Å². The number of nitrogens with one attached hydrogen (secondary N) is 2. The van der Waals surface area contributed by atoms with Gasteiger partial charge in [0.25, 0.3) is 5.91 Å². The van der Waals surface area contributed by atoms with E-state index in [-0.39, 0.29) is 5.91 Å². The maximum Gasteiger partial charge on any atom is 0.251 e. The van der Waals surface area contributed by atoms with Gasteiger partial charge in [-0.2, -0.15) is 0 Å². The number of carbonyl (C=O) groups excluding carboxylic acids is 1. The zero-order valence-electron chi connectivity index (χ0n) is 16.8. The van der Waals surface area contributed by atoms with Crippen LogP contribution in [0.5, 0.6) is 0 Å². The van der Waals surface area contributed by atoms with E-state index < -0.39 is 0 Å². The third-order valence-corrected chi connectivity index (χ3v) is 5.12. The predicted octanol–water partition coefficient (Wildman–Crippen LogP) is 3.08. The standard InChI is InChI=1S/C23H30N4O/c1-3-25-23(26-16-19-10-7-11-21(15-19)22(28)24-2)27-13-12-20(17-27)14-18-8-5-4-6-9-18/h4-11,15,20H,3,12-14,16-17H2,1-2H3,(H,24,28)(H,25,26). The van der Waals surface area contributed by atoms with Crippen LogP contribution in [0.2, 0.25) is 0 Å². The van der Waals surface area contributed by atoms with Gasteiger partial charge in [-0.15, -0.1) is 0 Å². The number of benzene rings is 2. The first kappa shape index (κ1) is 19.9. The molecule has 1 atom stereocenters. The molecule has 1 amide bonds. The van der Waals surface area contributed by atoms with Crippen LogP contribution in [0.4, 0.5) is 0 Å². The Morgan fingerprint density at radius 2 is 1.93 bits per heavy atom. The summed E-state index contributed by atoms with van der Waals surface area (Å²) in [5.41, 5.74) is 3.11. The highest BCUT2D eigenvalue weighted by Gasteiger charge is 2.24. The monoisotopic (exact) mass is 378 g/mol. The minimum Gasteiger partial charge on any atom is -0.357 e. The van der Waals surface area contributed by atoms with E-state index in [0.29, 0.717) is 18.0 Å². The number of carbonyl (C=O) groups is 1. The van der Waals surface area contributed by atoms with Crippen molar-refractivity contribution in [3.05, 3.63) is 71.3 Å². The number of amides is 1. The minimum atomic E-state index is -0.0685. The minimum absolute atomic E-state index is 0.0685. The number of rotatable bonds is 6. The molecule has 148 valence electrons. The Kier molecular flexibility index (Phi) is 7.06. The first-order valence-electron chi connectivity index (χ1n) is 10.1. The van der Waals surface area contributed by atoms with Crippen LogP contribution in [0.3, 0.4) is 0 Å². The molecule has 1 fully saturated rings. The van der Waals surface area contributed by atoms with Crippen molar-refractivity contribution in [2.75, 3.05) is 26.7 Å². The number of nitrogens with zero attached hydrogens (tertiary/aromatic N) is 2. The van der Waals surface area contributed by atoms with E-state index >= 15 is 0 Å². The van der Waals surface area contributed by atoms with E-state index in [1.54, 1.807) is 7.05 Å². The van der Waals surface area contributed by atoms with Gasteiger partial charge in [0, 0.05) is 32.2 Å². The second kappa shape index (κ2) is 9.93. The third kappa shape index (κ3) is 5.35. The molecule has 0 radical (unpaired) electrons. The lowest BCUT2D eigenvalue weighted by atomic mass is 9.99. The first-order chi connectivity index (χ1) is 13.7. The molecular weight excluding hydrogens is 348 g/mol. The molecule has 0 bridgehead atoms. The quantitative estimate of drug-likeness (QED) is 0.600. The Morgan fingerprint density at radius 3 is 2.68 bits per heavy atom. The van der Waals surface area contributed by atoms with Gasteiger partial charge < -0.3 is 15.5 Å². The van der Waals surface area contributed by atoms with Crippen LogP contribution in [0, 0.1) is 5.92 Å². The molecule has 2 N–H and O–H groups in total. The van der Waals surface area contributed by atoms with Crippen LogP contribution in [0.1, 0.15) is 34.8 Å². The Bertz CT molecular complexity index is 803. The van der Waals surface area contributed by atoms with Crippen molar-refractivity contribution in [3.8, 4) is 0 Å². The smallest absolute Gasteiger partial charge is 0.251 e. The second-order valence-electron chi connectivity index (χ2n) is 7.24. The number of hydrogen-bond acceptors (Lipinski definition) is 2. The number of aliphatic imine (C=N–C) groups is 1. The van der Waals surface area contributed by atoms with Crippen molar-refractivity contribution in [2.24, 2.45) is 10.9 Å². The van der Waals surface area contributed by atoms with Gasteiger partial charge in [0.05, 0.1) is 6.54 Å². The highest BCUT2D eigenvalue weighted by Crippen LogP contribution is 2.21. The molecule has 3 rings (SSSR count). The van der Waals surface area contributed by atoms with Gasteiger partial charge in [-0.25, -0.2) is 4.99 Å². The van der Waals surface area contributed by atoms with Gasteiger partial charge in [0.2, 0.25) is 0 Å². The van der Waals surface area contributed by atoms with Gasteiger partial charge >= 0.3 is 0 Å². The van der Waals surface area contributed by atoms with Crippen LogP contribution in [-0.4, -0.2) is 43.4 Å². The molecule has 2 aromatic rings. The maximum atomic E-state index is 11.8. The molecule has 28 heavy (non-hydrogen) atoms. The molecule has 2 aromatic carbocycles. The fraction of sp³-hybridized carbons (Fsp3) is 0.391. The summed E-state index contributed by atoms with van der Waals surface area (Å²) in [6.07, 6.45) is 2.30. The predicted molar refractivity (Wildman–Crippen MR) is 114 cm³/mol. The van der Waals surface area contributed by atoms with Crippen molar-refractivity contribution >= 4 is 11.9 Å². The van der Waals surface area contributed by atoms with Gasteiger partial charge in [-0.05, 0) is 48.9 Å². The summed E-state index contributed by atoms with van der Waals surface area (Å²) in [7, 11) is 1.65. The van der Waals surface area contributed by atoms with Crippen molar-refractivity contribution in [2.45, 2.75) is 26.3 Å². The summed E-state index contributed by atoms with van der Waals surface area (Å²) in [5, 5.41) is 6.09. The summed E-state index contributed by atoms with van der Waals surface area (Å²) < 4.78 is 0. The van der Waals surface area contributed by atoms with E-state index in [1.807, 2.05) is 24.3 Å². The van der Waals surface area contributed by atoms with Crippen molar-refractivity contribution in [1.82, 2.24) is 15.5 Å². The molecule has 1 aliphatic heterocycles. The molecule has 1 heterocycles. The van der Waals surface area contributed by atoms with Crippen LogP contribution < -0.4 is 10.6 Å². The van der Waals surface area contributed by atoms with Crippen molar-refractivity contribution in [3.63, 3.8) is 0 Å². The Balaban J connectivity index is 1.64. The Labute approximate surface area is 167 Å². The average molecular weight is 379 g/mol. The van der Waals surface area contributed by atoms with Crippen LogP contribution in [-0.2, 0) is 13.0 Å². The molecular formula is C23H30N4O. The molecule has 5 heteroatoms. The van der Waals surface area contributed by atoms with Gasteiger partial charge in [0.1, 0.15) is 0 Å². The fourth-order valence-electron chi connectivity index (χ4n) is 3.69. The molecule has 1 aliphatic rings. The van der Waals surface area contributed by atoms with E-state index in [1.165, 1.54) is 12.0 Å². The van der Waals surface area contributed by atoms with Crippen molar-refractivity contribution in [1.29, 1.82) is 0 Å². The van der Waals surface area contributed by atoms with Crippen LogP contribution in [0.15, 0.2) is 59.6 Å². The molecule has 0 spiro atoms. The zero-order valence-corrected chi connectivity index (χ0v) is 16.8. The summed E-state index contributed by atoms with van der Waals surface area (Å²) in [6.45, 7) is 5.56.